The van der Waals surface area contributed by atoms with Crippen molar-refractivity contribution in [3.05, 3.63) is 59.2 Å². The highest BCUT2D eigenvalue weighted by molar-refractivity contribution is 5.78. The number of aliphatic carboxylic acids is 1. The van der Waals surface area contributed by atoms with Gasteiger partial charge in [0.25, 0.3) is 0 Å². The summed E-state index contributed by atoms with van der Waals surface area (Å²) in [5.74, 6) is -1.36. The van der Waals surface area contributed by atoms with Crippen molar-refractivity contribution in [3.63, 3.8) is 0 Å². The number of hydrogen-bond donors (Lipinski definition) is 1. The lowest BCUT2D eigenvalue weighted by Crippen LogP contribution is -2.11. The molecule has 0 spiro atoms. The molecule has 24 heavy (non-hydrogen) atoms. The predicted molar refractivity (Wildman–Crippen MR) is 73.2 cm³/mol. The third kappa shape index (κ3) is 3.87. The standard InChI is InChI=1S/C16H10F6O2/c17-15(18,19)10-6-5-9(7-14(23)24)12(8-10)11-3-1-2-4-13(11)16(20,21)22/h1-6,8H,7H2,(H,23,24). The second-order valence-electron chi connectivity index (χ2n) is 4.98. The summed E-state index contributed by atoms with van der Waals surface area (Å²) in [5.41, 5.74) is -3.31. The fourth-order valence-electron chi connectivity index (χ4n) is 2.29. The van der Waals surface area contributed by atoms with Crippen molar-refractivity contribution in [1.29, 1.82) is 0 Å². The van der Waals surface area contributed by atoms with Gasteiger partial charge in [-0.05, 0) is 34.9 Å². The summed E-state index contributed by atoms with van der Waals surface area (Å²) in [5, 5.41) is 8.85. The van der Waals surface area contributed by atoms with Gasteiger partial charge in [-0.2, -0.15) is 26.3 Å². The summed E-state index contributed by atoms with van der Waals surface area (Å²) >= 11 is 0. The molecule has 0 heterocycles. The maximum Gasteiger partial charge on any atom is 0.417 e. The number of alkyl halides is 6. The van der Waals surface area contributed by atoms with Crippen LogP contribution >= 0.6 is 0 Å². The first-order chi connectivity index (χ1) is 11.0. The number of carbonyl (C=O) groups is 1. The Balaban J connectivity index is 2.74. The lowest BCUT2D eigenvalue weighted by Gasteiger charge is -2.17. The molecule has 0 aliphatic heterocycles. The van der Waals surface area contributed by atoms with E-state index in [1.807, 2.05) is 0 Å². The third-order valence-corrected chi connectivity index (χ3v) is 3.30. The Hall–Kier alpha value is -2.51. The van der Waals surface area contributed by atoms with E-state index in [0.717, 1.165) is 24.3 Å². The van der Waals surface area contributed by atoms with Crippen LogP contribution in [0.4, 0.5) is 26.3 Å². The predicted octanol–water partition coefficient (Wildman–Crippen LogP) is 5.02. The molecule has 128 valence electrons. The maximum absolute atomic E-state index is 13.1. The second kappa shape index (κ2) is 6.18. The molecule has 2 nitrogen and oxygen atoms in total. The Labute approximate surface area is 132 Å². The number of hydrogen-bond acceptors (Lipinski definition) is 1. The van der Waals surface area contributed by atoms with E-state index in [0.29, 0.717) is 12.1 Å². The van der Waals surface area contributed by atoms with Crippen molar-refractivity contribution in [2.24, 2.45) is 0 Å². The van der Waals surface area contributed by atoms with E-state index in [4.69, 9.17) is 5.11 Å². The molecule has 0 aliphatic carbocycles. The zero-order valence-corrected chi connectivity index (χ0v) is 11.9. The molecule has 8 heteroatoms. The zero-order valence-electron chi connectivity index (χ0n) is 11.9. The highest BCUT2D eigenvalue weighted by Gasteiger charge is 2.35. The summed E-state index contributed by atoms with van der Waals surface area (Å²) in [6.07, 6.45) is -10.2. The van der Waals surface area contributed by atoms with E-state index in [9.17, 15) is 31.1 Å². The Morgan fingerprint density at radius 2 is 1.50 bits per heavy atom. The Bertz CT molecular complexity index is 762. The van der Waals surface area contributed by atoms with Crippen LogP contribution in [0.25, 0.3) is 11.1 Å². The van der Waals surface area contributed by atoms with E-state index in [-0.39, 0.29) is 5.56 Å². The van der Waals surface area contributed by atoms with Gasteiger partial charge < -0.3 is 5.11 Å². The average molecular weight is 348 g/mol. The summed E-state index contributed by atoms with van der Waals surface area (Å²) in [7, 11) is 0. The van der Waals surface area contributed by atoms with Crippen molar-refractivity contribution in [2.75, 3.05) is 0 Å². The van der Waals surface area contributed by atoms with Gasteiger partial charge in [0.2, 0.25) is 0 Å². The maximum atomic E-state index is 13.1. The van der Waals surface area contributed by atoms with Crippen molar-refractivity contribution >= 4 is 5.97 Å². The number of halogens is 6. The van der Waals surface area contributed by atoms with Crippen molar-refractivity contribution in [3.8, 4) is 11.1 Å². The van der Waals surface area contributed by atoms with Gasteiger partial charge in [-0.3, -0.25) is 4.79 Å². The molecule has 0 bridgehead atoms. The van der Waals surface area contributed by atoms with Crippen molar-refractivity contribution in [1.82, 2.24) is 0 Å². The lowest BCUT2D eigenvalue weighted by molar-refractivity contribution is -0.137. The Morgan fingerprint density at radius 3 is 2.04 bits per heavy atom. The third-order valence-electron chi connectivity index (χ3n) is 3.30. The number of carboxylic acid groups (broad SMARTS) is 1. The molecule has 2 aromatic rings. The summed E-state index contributed by atoms with van der Waals surface area (Å²) in [6, 6.07) is 6.19. The molecule has 0 atom stereocenters. The van der Waals surface area contributed by atoms with E-state index >= 15 is 0 Å². The van der Waals surface area contributed by atoms with E-state index < -0.39 is 47.0 Å². The largest absolute Gasteiger partial charge is 0.481 e. The molecule has 1 N–H and O–H groups in total. The van der Waals surface area contributed by atoms with Crippen LogP contribution in [0, 0.1) is 0 Å². The molecular weight excluding hydrogens is 338 g/mol. The highest BCUT2D eigenvalue weighted by atomic mass is 19.4. The van der Waals surface area contributed by atoms with Crippen molar-refractivity contribution < 1.29 is 36.2 Å². The van der Waals surface area contributed by atoms with Gasteiger partial charge >= 0.3 is 18.3 Å². The normalized spacial score (nSPS) is 12.2. The van der Waals surface area contributed by atoms with Crippen LogP contribution in [0.2, 0.25) is 0 Å². The van der Waals surface area contributed by atoms with Gasteiger partial charge in [0, 0.05) is 0 Å². The molecule has 2 aromatic carbocycles. The minimum Gasteiger partial charge on any atom is -0.481 e. The molecule has 0 saturated carbocycles. The quantitative estimate of drug-likeness (QED) is 0.791. The summed E-state index contributed by atoms with van der Waals surface area (Å²) in [4.78, 5) is 10.9. The summed E-state index contributed by atoms with van der Waals surface area (Å²) in [6.45, 7) is 0. The molecule has 0 saturated heterocycles. The molecule has 0 fully saturated rings. The highest BCUT2D eigenvalue weighted by Crippen LogP contribution is 2.40. The first-order valence-electron chi connectivity index (χ1n) is 6.58. The smallest absolute Gasteiger partial charge is 0.417 e. The van der Waals surface area contributed by atoms with Crippen LogP contribution in [0.5, 0.6) is 0 Å². The first kappa shape index (κ1) is 17.8. The van der Waals surface area contributed by atoms with Gasteiger partial charge in [-0.1, -0.05) is 24.3 Å². The first-order valence-corrected chi connectivity index (χ1v) is 6.58. The molecule has 0 radical (unpaired) electrons. The average Bonchev–Trinajstić information content (AvgIpc) is 2.45. The SMILES string of the molecule is O=C(O)Cc1ccc(C(F)(F)F)cc1-c1ccccc1C(F)(F)F. The molecule has 2 rings (SSSR count). The fraction of sp³-hybridized carbons (Fsp3) is 0.188. The lowest BCUT2D eigenvalue weighted by atomic mass is 9.92. The van der Waals surface area contributed by atoms with E-state index in [1.165, 1.54) is 6.07 Å². The van der Waals surface area contributed by atoms with Gasteiger partial charge in [-0.15, -0.1) is 0 Å². The molecule has 0 aliphatic rings. The van der Waals surface area contributed by atoms with Gasteiger partial charge in [0.05, 0.1) is 17.5 Å². The van der Waals surface area contributed by atoms with E-state index in [2.05, 4.69) is 0 Å². The molecule has 0 aromatic heterocycles. The number of benzene rings is 2. The number of carboxylic acids is 1. The molecule has 0 unspecified atom stereocenters. The Kier molecular flexibility index (Phi) is 4.59. The van der Waals surface area contributed by atoms with Crippen LogP contribution in [0.15, 0.2) is 42.5 Å². The second-order valence-corrected chi connectivity index (χ2v) is 4.98. The van der Waals surface area contributed by atoms with Gasteiger partial charge in [0.15, 0.2) is 0 Å². The minimum atomic E-state index is -4.79. The van der Waals surface area contributed by atoms with Crippen LogP contribution < -0.4 is 0 Å². The van der Waals surface area contributed by atoms with Gasteiger partial charge in [-0.25, -0.2) is 0 Å². The van der Waals surface area contributed by atoms with Crippen LogP contribution in [-0.4, -0.2) is 11.1 Å². The van der Waals surface area contributed by atoms with Crippen LogP contribution in [-0.2, 0) is 23.6 Å². The zero-order chi connectivity index (χ0) is 18.1. The topological polar surface area (TPSA) is 37.3 Å². The van der Waals surface area contributed by atoms with Crippen LogP contribution in [0.3, 0.4) is 0 Å². The number of rotatable bonds is 3. The van der Waals surface area contributed by atoms with Crippen LogP contribution in [0.1, 0.15) is 16.7 Å². The molecular formula is C16H10F6O2. The Morgan fingerprint density at radius 1 is 0.875 bits per heavy atom. The monoisotopic (exact) mass is 348 g/mol. The van der Waals surface area contributed by atoms with Crippen molar-refractivity contribution in [2.45, 2.75) is 18.8 Å². The molecule has 0 amide bonds. The van der Waals surface area contributed by atoms with E-state index in [1.54, 1.807) is 0 Å². The minimum absolute atomic E-state index is 0.132. The summed E-state index contributed by atoms with van der Waals surface area (Å²) < 4.78 is 78.0. The van der Waals surface area contributed by atoms with Gasteiger partial charge in [0.1, 0.15) is 0 Å². The fourth-order valence-corrected chi connectivity index (χ4v) is 2.29.